The fourth-order valence-electron chi connectivity index (χ4n) is 0. The van der Waals surface area contributed by atoms with Crippen LogP contribution >= 0.6 is 0 Å². The summed E-state index contributed by atoms with van der Waals surface area (Å²) in [6.07, 6.45) is 0. The van der Waals surface area contributed by atoms with Crippen molar-refractivity contribution in [3.05, 3.63) is 39.5 Å². The molecule has 0 heterocycles. The zero-order chi connectivity index (χ0) is 11.2. The summed E-state index contributed by atoms with van der Waals surface area (Å²) in [7, 11) is 0. The molecule has 0 aromatic heterocycles. The molecule has 0 aromatic rings. The SMILES string of the molecule is C=C.C=C.C=C.CC(C)(N)CO.N.N. The molecule has 0 rings (SSSR count). The Morgan fingerprint density at radius 3 is 1.00 bits per heavy atom. The van der Waals surface area contributed by atoms with Gasteiger partial charge in [0, 0.05) is 5.54 Å². The van der Waals surface area contributed by atoms with Crippen LogP contribution in [0.2, 0.25) is 0 Å². The maximum atomic E-state index is 8.28. The van der Waals surface area contributed by atoms with Crippen molar-refractivity contribution in [3.8, 4) is 0 Å². The van der Waals surface area contributed by atoms with E-state index in [0.29, 0.717) is 0 Å². The zero-order valence-corrected chi connectivity index (χ0v) is 9.89. The van der Waals surface area contributed by atoms with Crippen LogP contribution in [0, 0.1) is 0 Å². The second-order valence-corrected chi connectivity index (χ2v) is 2.15. The molecule has 0 aliphatic carbocycles. The Balaban J connectivity index is -0.0000000175. The second-order valence-electron chi connectivity index (χ2n) is 2.15. The Morgan fingerprint density at radius 2 is 1.00 bits per heavy atom. The molecule has 14 heavy (non-hydrogen) atoms. The Bertz CT molecular complexity index is 67.5. The van der Waals surface area contributed by atoms with Crippen LogP contribution in [-0.4, -0.2) is 17.3 Å². The van der Waals surface area contributed by atoms with Gasteiger partial charge in [-0.1, -0.05) is 0 Å². The molecule has 90 valence electrons. The number of aliphatic hydroxyl groups excluding tert-OH is 1. The van der Waals surface area contributed by atoms with Gasteiger partial charge < -0.3 is 23.1 Å². The summed E-state index contributed by atoms with van der Waals surface area (Å²) in [5.41, 5.74) is 4.88. The molecule has 9 N–H and O–H groups in total. The van der Waals surface area contributed by atoms with Crippen LogP contribution in [0.15, 0.2) is 39.5 Å². The molecule has 0 aliphatic heterocycles. The van der Waals surface area contributed by atoms with Gasteiger partial charge in [0.1, 0.15) is 0 Å². The number of nitrogens with two attached hydrogens (primary N) is 1. The summed E-state index contributed by atoms with van der Waals surface area (Å²) >= 11 is 0. The smallest absolute Gasteiger partial charge is 0.0605 e. The van der Waals surface area contributed by atoms with E-state index in [1.54, 1.807) is 13.8 Å². The first-order chi connectivity index (χ1) is 5.56. The molecule has 0 radical (unpaired) electrons. The van der Waals surface area contributed by atoms with Crippen molar-refractivity contribution in [2.45, 2.75) is 19.4 Å². The first-order valence-corrected chi connectivity index (χ1v) is 3.46. The van der Waals surface area contributed by atoms with Gasteiger partial charge in [0.15, 0.2) is 0 Å². The third kappa shape index (κ3) is 264. The Morgan fingerprint density at radius 1 is 0.929 bits per heavy atom. The van der Waals surface area contributed by atoms with Gasteiger partial charge in [0.25, 0.3) is 0 Å². The maximum absolute atomic E-state index is 8.28. The lowest BCUT2D eigenvalue weighted by Crippen LogP contribution is -2.35. The molecule has 4 heteroatoms. The number of hydrogen-bond donors (Lipinski definition) is 4. The first-order valence-electron chi connectivity index (χ1n) is 3.46. The lowest BCUT2D eigenvalue weighted by molar-refractivity contribution is 0.221. The number of hydrogen-bond acceptors (Lipinski definition) is 4. The quantitative estimate of drug-likeness (QED) is 0.494. The van der Waals surface area contributed by atoms with Gasteiger partial charge in [-0.15, -0.1) is 39.5 Å². The van der Waals surface area contributed by atoms with E-state index in [1.165, 1.54) is 0 Å². The summed E-state index contributed by atoms with van der Waals surface area (Å²) in [5, 5.41) is 8.28. The van der Waals surface area contributed by atoms with Gasteiger partial charge in [-0.2, -0.15) is 0 Å². The summed E-state index contributed by atoms with van der Waals surface area (Å²) in [6.45, 7) is 21.6. The van der Waals surface area contributed by atoms with Crippen LogP contribution in [0.1, 0.15) is 13.8 Å². The largest absolute Gasteiger partial charge is 0.394 e. The summed E-state index contributed by atoms with van der Waals surface area (Å²) in [4.78, 5) is 0. The Labute approximate surface area is 89.4 Å². The van der Waals surface area contributed by atoms with Gasteiger partial charge in [-0.25, -0.2) is 0 Å². The highest BCUT2D eigenvalue weighted by atomic mass is 16.3. The maximum Gasteiger partial charge on any atom is 0.0605 e. The molecule has 0 saturated carbocycles. The predicted molar refractivity (Wildman–Crippen MR) is 69.2 cm³/mol. The second kappa shape index (κ2) is 40.2. The van der Waals surface area contributed by atoms with Crippen LogP contribution in [-0.2, 0) is 0 Å². The number of rotatable bonds is 1. The third-order valence-corrected chi connectivity index (χ3v) is 0.408. The van der Waals surface area contributed by atoms with Crippen molar-refractivity contribution in [2.75, 3.05) is 6.61 Å². The standard InChI is InChI=1S/C4H11NO.3C2H4.2H3N/c1-4(2,5)3-6;3*1-2;;/h6H,3,5H2,1-2H3;3*1-2H2;2*1H3. The molecule has 0 spiro atoms. The van der Waals surface area contributed by atoms with Gasteiger partial charge in [-0.05, 0) is 13.8 Å². The van der Waals surface area contributed by atoms with Crippen molar-refractivity contribution in [1.82, 2.24) is 12.3 Å². The molecule has 0 fully saturated rings. The highest BCUT2D eigenvalue weighted by molar-refractivity contribution is 4.67. The van der Waals surface area contributed by atoms with Crippen LogP contribution in [0.4, 0.5) is 0 Å². The normalized spacial score (nSPS) is 6.00. The van der Waals surface area contributed by atoms with Crippen LogP contribution in [0.5, 0.6) is 0 Å². The summed E-state index contributed by atoms with van der Waals surface area (Å²) < 4.78 is 0. The molecule has 4 nitrogen and oxygen atoms in total. The number of aliphatic hydroxyl groups is 1. The molecular weight excluding hydrogens is 178 g/mol. The van der Waals surface area contributed by atoms with E-state index in [-0.39, 0.29) is 18.9 Å². The van der Waals surface area contributed by atoms with Gasteiger partial charge in [0.05, 0.1) is 6.61 Å². The highest BCUT2D eigenvalue weighted by Crippen LogP contribution is 1.89. The van der Waals surface area contributed by atoms with Crippen LogP contribution < -0.4 is 18.0 Å². The fourth-order valence-corrected chi connectivity index (χ4v) is 0. The summed E-state index contributed by atoms with van der Waals surface area (Å²) in [5.74, 6) is 0. The Hall–Kier alpha value is -0.940. The summed E-state index contributed by atoms with van der Waals surface area (Å²) in [6, 6.07) is 0. The van der Waals surface area contributed by atoms with E-state index in [4.69, 9.17) is 10.8 Å². The molecule has 0 bridgehead atoms. The van der Waals surface area contributed by atoms with Crippen LogP contribution in [0.3, 0.4) is 0 Å². The van der Waals surface area contributed by atoms with Gasteiger partial charge in [0.2, 0.25) is 0 Å². The third-order valence-electron chi connectivity index (χ3n) is 0.408. The molecular formula is C10H29N3O. The minimum Gasteiger partial charge on any atom is -0.394 e. The minimum atomic E-state index is -0.403. The zero-order valence-electron chi connectivity index (χ0n) is 9.89. The van der Waals surface area contributed by atoms with Crippen LogP contribution in [0.25, 0.3) is 0 Å². The highest BCUT2D eigenvalue weighted by Gasteiger charge is 2.05. The van der Waals surface area contributed by atoms with Crippen molar-refractivity contribution < 1.29 is 5.11 Å². The van der Waals surface area contributed by atoms with E-state index in [0.717, 1.165) is 0 Å². The monoisotopic (exact) mass is 207 g/mol. The van der Waals surface area contributed by atoms with E-state index in [1.807, 2.05) is 0 Å². The minimum absolute atomic E-state index is 0. The van der Waals surface area contributed by atoms with E-state index < -0.39 is 5.54 Å². The Kier molecular flexibility index (Phi) is 109. The van der Waals surface area contributed by atoms with Gasteiger partial charge in [-0.3, -0.25) is 0 Å². The van der Waals surface area contributed by atoms with E-state index >= 15 is 0 Å². The molecule has 0 amide bonds. The fraction of sp³-hybridized carbons (Fsp3) is 0.400. The van der Waals surface area contributed by atoms with Gasteiger partial charge >= 0.3 is 0 Å². The first kappa shape index (κ1) is 38.1. The molecule has 0 unspecified atom stereocenters. The molecule has 0 aromatic carbocycles. The topological polar surface area (TPSA) is 116 Å². The predicted octanol–water partition coefficient (Wildman–Crippen LogP) is 2.45. The average molecular weight is 207 g/mol. The van der Waals surface area contributed by atoms with Crippen molar-refractivity contribution in [3.63, 3.8) is 0 Å². The molecule has 0 saturated heterocycles. The lowest BCUT2D eigenvalue weighted by atomic mass is 10.1. The van der Waals surface area contributed by atoms with E-state index in [2.05, 4.69) is 39.5 Å². The average Bonchev–Trinajstić information content (AvgIpc) is 2.14. The molecule has 0 atom stereocenters. The molecule has 0 aliphatic rings. The van der Waals surface area contributed by atoms with Crippen molar-refractivity contribution in [2.24, 2.45) is 5.73 Å². The van der Waals surface area contributed by atoms with Crippen molar-refractivity contribution in [1.29, 1.82) is 0 Å². The van der Waals surface area contributed by atoms with Crippen molar-refractivity contribution >= 4 is 0 Å². The lowest BCUT2D eigenvalue weighted by Gasteiger charge is -2.12. The van der Waals surface area contributed by atoms with E-state index in [9.17, 15) is 0 Å².